The van der Waals surface area contributed by atoms with Gasteiger partial charge in [0.2, 0.25) is 0 Å². The minimum absolute atomic E-state index is 0.871. The highest BCUT2D eigenvalue weighted by Gasteiger charge is 2.14. The van der Waals surface area contributed by atoms with Gasteiger partial charge in [-0.2, -0.15) is 11.8 Å². The second-order valence-corrected chi connectivity index (χ2v) is 6.56. The molecular weight excluding hydrogens is 210 g/mol. The Hall–Kier alpha value is 0.01000. The highest BCUT2D eigenvalue weighted by atomic mass is 32.2. The molecule has 1 saturated heterocycles. The molecule has 1 aromatic heterocycles. The molecule has 0 amide bonds. The van der Waals surface area contributed by atoms with Crippen molar-refractivity contribution in [1.82, 2.24) is 5.32 Å². The standard InChI is InChI=1S/C11H17NS2/c1-9-4-5-11(14-9)8-12-7-10-3-2-6-13-10/h4-5,10,12H,2-3,6-8H2,1H3. The maximum Gasteiger partial charge on any atom is 0.0300 e. The van der Waals surface area contributed by atoms with Crippen molar-refractivity contribution in [3.05, 3.63) is 21.9 Å². The van der Waals surface area contributed by atoms with Crippen molar-refractivity contribution in [2.75, 3.05) is 12.3 Å². The summed E-state index contributed by atoms with van der Waals surface area (Å²) in [7, 11) is 0. The molecule has 78 valence electrons. The fourth-order valence-electron chi connectivity index (χ4n) is 1.74. The minimum atomic E-state index is 0.871. The summed E-state index contributed by atoms with van der Waals surface area (Å²) in [6.45, 7) is 4.40. The molecule has 0 spiro atoms. The van der Waals surface area contributed by atoms with Crippen LogP contribution in [-0.4, -0.2) is 17.5 Å². The van der Waals surface area contributed by atoms with Crippen molar-refractivity contribution in [2.45, 2.75) is 31.6 Å². The lowest BCUT2D eigenvalue weighted by Crippen LogP contribution is -2.22. The van der Waals surface area contributed by atoms with Crippen molar-refractivity contribution < 1.29 is 0 Å². The van der Waals surface area contributed by atoms with Crippen molar-refractivity contribution in [2.24, 2.45) is 0 Å². The van der Waals surface area contributed by atoms with E-state index in [1.54, 1.807) is 0 Å². The van der Waals surface area contributed by atoms with Crippen molar-refractivity contribution in [3.8, 4) is 0 Å². The van der Waals surface area contributed by atoms with Crippen LogP contribution >= 0.6 is 23.1 Å². The van der Waals surface area contributed by atoms with Crippen LogP contribution in [0, 0.1) is 6.92 Å². The van der Waals surface area contributed by atoms with Gasteiger partial charge in [-0.3, -0.25) is 0 Å². The Morgan fingerprint density at radius 2 is 2.43 bits per heavy atom. The highest BCUT2D eigenvalue weighted by molar-refractivity contribution is 8.00. The minimum Gasteiger partial charge on any atom is -0.311 e. The molecule has 0 radical (unpaired) electrons. The summed E-state index contributed by atoms with van der Waals surface area (Å²) in [6.07, 6.45) is 2.82. The van der Waals surface area contributed by atoms with E-state index in [1.165, 1.54) is 34.9 Å². The van der Waals surface area contributed by atoms with Crippen LogP contribution in [0.5, 0.6) is 0 Å². The number of hydrogen-bond acceptors (Lipinski definition) is 3. The molecule has 1 atom stereocenters. The quantitative estimate of drug-likeness (QED) is 0.848. The fraction of sp³-hybridized carbons (Fsp3) is 0.636. The third-order valence-corrected chi connectivity index (χ3v) is 4.89. The average molecular weight is 227 g/mol. The van der Waals surface area contributed by atoms with E-state index in [2.05, 4.69) is 36.1 Å². The first-order chi connectivity index (χ1) is 6.84. The molecule has 14 heavy (non-hydrogen) atoms. The van der Waals surface area contributed by atoms with E-state index in [9.17, 15) is 0 Å². The Kier molecular flexibility index (Phi) is 3.90. The van der Waals surface area contributed by atoms with Crippen molar-refractivity contribution >= 4 is 23.1 Å². The van der Waals surface area contributed by atoms with E-state index in [-0.39, 0.29) is 0 Å². The average Bonchev–Trinajstić information content (AvgIpc) is 2.77. The zero-order valence-corrected chi connectivity index (χ0v) is 10.2. The topological polar surface area (TPSA) is 12.0 Å². The van der Waals surface area contributed by atoms with Gasteiger partial charge in [0.1, 0.15) is 0 Å². The molecular formula is C11H17NS2. The molecule has 0 aromatic carbocycles. The second-order valence-electron chi connectivity index (χ2n) is 3.78. The van der Waals surface area contributed by atoms with E-state index in [4.69, 9.17) is 0 Å². The molecule has 3 heteroatoms. The van der Waals surface area contributed by atoms with Crippen LogP contribution in [0.15, 0.2) is 12.1 Å². The van der Waals surface area contributed by atoms with Gasteiger partial charge in [-0.05, 0) is 37.7 Å². The molecule has 2 rings (SSSR count). The first-order valence-electron chi connectivity index (χ1n) is 5.22. The van der Waals surface area contributed by atoms with E-state index in [0.717, 1.165) is 11.8 Å². The lowest BCUT2D eigenvalue weighted by molar-refractivity contribution is 0.650. The molecule has 1 fully saturated rings. The molecule has 0 bridgehead atoms. The predicted molar refractivity (Wildman–Crippen MR) is 66.2 cm³/mol. The Morgan fingerprint density at radius 1 is 1.50 bits per heavy atom. The lowest BCUT2D eigenvalue weighted by Gasteiger charge is -2.08. The molecule has 1 unspecified atom stereocenters. The number of hydrogen-bond donors (Lipinski definition) is 1. The van der Waals surface area contributed by atoms with Crippen LogP contribution in [0.1, 0.15) is 22.6 Å². The van der Waals surface area contributed by atoms with Gasteiger partial charge in [0.05, 0.1) is 0 Å². The van der Waals surface area contributed by atoms with Gasteiger partial charge in [-0.1, -0.05) is 0 Å². The summed E-state index contributed by atoms with van der Waals surface area (Å²) < 4.78 is 0. The summed E-state index contributed by atoms with van der Waals surface area (Å²) in [5.74, 6) is 1.37. The molecule has 1 aromatic rings. The second kappa shape index (κ2) is 5.19. The van der Waals surface area contributed by atoms with Crippen molar-refractivity contribution in [1.29, 1.82) is 0 Å². The van der Waals surface area contributed by atoms with Crippen LogP contribution in [0.2, 0.25) is 0 Å². The lowest BCUT2D eigenvalue weighted by atomic mass is 10.2. The summed E-state index contributed by atoms with van der Waals surface area (Å²) in [5.41, 5.74) is 0. The molecule has 2 heterocycles. The zero-order chi connectivity index (χ0) is 9.80. The van der Waals surface area contributed by atoms with Gasteiger partial charge in [0.15, 0.2) is 0 Å². The molecule has 0 aliphatic carbocycles. The molecule has 1 aliphatic heterocycles. The van der Waals surface area contributed by atoms with Gasteiger partial charge in [0.25, 0.3) is 0 Å². The van der Waals surface area contributed by atoms with Gasteiger partial charge < -0.3 is 5.32 Å². The highest BCUT2D eigenvalue weighted by Crippen LogP contribution is 2.25. The number of thioether (sulfide) groups is 1. The Balaban J connectivity index is 1.67. The molecule has 1 N–H and O–H groups in total. The van der Waals surface area contributed by atoms with Gasteiger partial charge in [0, 0.05) is 28.1 Å². The van der Waals surface area contributed by atoms with Crippen LogP contribution in [0.3, 0.4) is 0 Å². The maximum absolute atomic E-state index is 3.55. The monoisotopic (exact) mass is 227 g/mol. The third-order valence-electron chi connectivity index (χ3n) is 2.49. The number of nitrogens with one attached hydrogen (secondary N) is 1. The summed E-state index contributed by atoms with van der Waals surface area (Å²) >= 11 is 4.02. The van der Waals surface area contributed by atoms with Crippen LogP contribution in [-0.2, 0) is 6.54 Å². The summed E-state index contributed by atoms with van der Waals surface area (Å²) in [4.78, 5) is 2.88. The summed E-state index contributed by atoms with van der Waals surface area (Å²) in [5, 5.41) is 4.42. The Labute approximate surface area is 94.3 Å². The first-order valence-corrected chi connectivity index (χ1v) is 7.09. The van der Waals surface area contributed by atoms with Gasteiger partial charge >= 0.3 is 0 Å². The third kappa shape index (κ3) is 3.01. The number of thiophene rings is 1. The van der Waals surface area contributed by atoms with Crippen LogP contribution < -0.4 is 5.32 Å². The largest absolute Gasteiger partial charge is 0.311 e. The fourth-order valence-corrected chi connectivity index (χ4v) is 3.84. The predicted octanol–water partition coefficient (Wildman–Crippen LogP) is 3.04. The Morgan fingerprint density at radius 3 is 3.07 bits per heavy atom. The first kappa shape index (κ1) is 10.5. The maximum atomic E-state index is 3.55. The van der Waals surface area contributed by atoms with E-state index in [1.807, 2.05) is 11.3 Å². The van der Waals surface area contributed by atoms with Crippen molar-refractivity contribution in [3.63, 3.8) is 0 Å². The van der Waals surface area contributed by atoms with E-state index >= 15 is 0 Å². The van der Waals surface area contributed by atoms with Gasteiger partial charge in [-0.15, -0.1) is 11.3 Å². The van der Waals surface area contributed by atoms with Crippen LogP contribution in [0.4, 0.5) is 0 Å². The molecule has 1 aliphatic rings. The Bertz CT molecular complexity index is 277. The zero-order valence-electron chi connectivity index (χ0n) is 8.58. The van der Waals surface area contributed by atoms with E-state index < -0.39 is 0 Å². The van der Waals surface area contributed by atoms with E-state index in [0.29, 0.717) is 0 Å². The van der Waals surface area contributed by atoms with Crippen LogP contribution in [0.25, 0.3) is 0 Å². The SMILES string of the molecule is Cc1ccc(CNCC2CCCS2)s1. The normalized spacial score (nSPS) is 21.6. The smallest absolute Gasteiger partial charge is 0.0300 e. The van der Waals surface area contributed by atoms with Gasteiger partial charge in [-0.25, -0.2) is 0 Å². The number of rotatable bonds is 4. The number of aryl methyl sites for hydroxylation is 1. The molecule has 1 nitrogen and oxygen atoms in total. The molecule has 0 saturated carbocycles. The summed E-state index contributed by atoms with van der Waals surface area (Å²) in [6, 6.07) is 4.43.